The topological polar surface area (TPSA) is 26.9 Å². The fraction of sp³-hybridized carbons (Fsp3) is 0.103. The Balaban J connectivity index is 1.64. The van der Waals surface area contributed by atoms with Crippen molar-refractivity contribution in [1.29, 1.82) is 0 Å². The van der Waals surface area contributed by atoms with Gasteiger partial charge in [-0.15, -0.1) is 0 Å². The van der Waals surface area contributed by atoms with Crippen LogP contribution >= 0.6 is 0 Å². The van der Waals surface area contributed by atoms with E-state index in [1.807, 2.05) is 12.1 Å². The summed E-state index contributed by atoms with van der Waals surface area (Å²) in [4.78, 5) is 14.2. The first kappa shape index (κ1) is 24.6. The molecule has 3 heteroatoms. The molecule has 1 aliphatic carbocycles. The number of fused-ring (bicyclic) bond motifs is 3. The van der Waals surface area contributed by atoms with Gasteiger partial charge in [0.25, 0.3) is 0 Å². The number of hydrogen-bond acceptors (Lipinski definition) is 1. The van der Waals surface area contributed by atoms with Gasteiger partial charge in [0.1, 0.15) is 0 Å². The monoisotopic (exact) mass is 542 g/mol. The normalized spacial score (nSPS) is 14.1. The van der Waals surface area contributed by atoms with Gasteiger partial charge in [0.15, 0.2) is 5.78 Å². The van der Waals surface area contributed by atoms with Crippen molar-refractivity contribution in [3.05, 3.63) is 156 Å². The highest BCUT2D eigenvalue weighted by Gasteiger charge is 2.51. The number of ketones is 1. The van der Waals surface area contributed by atoms with Crippen LogP contribution in [0.25, 0.3) is 44.3 Å². The van der Waals surface area contributed by atoms with Crippen molar-refractivity contribution >= 4 is 27.6 Å². The maximum absolute atomic E-state index is 14.2. The molecule has 0 bridgehead atoms. The van der Waals surface area contributed by atoms with Gasteiger partial charge in [-0.2, -0.15) is 0 Å². The maximum atomic E-state index is 14.2. The molecule has 0 spiro atoms. The molecule has 0 amide bonds. The number of benzene rings is 5. The third kappa shape index (κ3) is 3.25. The Morgan fingerprint density at radius 1 is 0.524 bits per heavy atom. The predicted octanol–water partition coefficient (Wildman–Crippen LogP) is 8.92. The summed E-state index contributed by atoms with van der Waals surface area (Å²) >= 11 is 0. The van der Waals surface area contributed by atoms with E-state index in [0.717, 1.165) is 44.7 Å². The Morgan fingerprint density at radius 2 is 0.952 bits per heavy atom. The van der Waals surface area contributed by atoms with Crippen LogP contribution in [0.5, 0.6) is 0 Å². The molecule has 0 fully saturated rings. The van der Waals surface area contributed by atoms with Crippen LogP contribution in [0.2, 0.25) is 0 Å². The summed E-state index contributed by atoms with van der Waals surface area (Å²) in [5, 5.41) is 2.35. The summed E-state index contributed by atoms with van der Waals surface area (Å²) in [5.74, 6) is 0.185. The molecule has 0 saturated heterocycles. The molecule has 2 heterocycles. The van der Waals surface area contributed by atoms with E-state index in [0.29, 0.717) is 6.42 Å². The number of carbonyl (C=O) groups excluding carboxylic acids is 1. The average Bonchev–Trinajstić information content (AvgIpc) is 3.63. The Morgan fingerprint density at radius 3 is 1.48 bits per heavy atom. The second-order valence-corrected chi connectivity index (χ2v) is 11.4. The molecule has 0 atom stereocenters. The van der Waals surface area contributed by atoms with Gasteiger partial charge in [-0.05, 0) is 28.8 Å². The summed E-state index contributed by atoms with van der Waals surface area (Å²) in [6.07, 6.45) is 0.369. The molecule has 7 aromatic rings. The van der Waals surface area contributed by atoms with Gasteiger partial charge < -0.3 is 9.13 Å². The van der Waals surface area contributed by atoms with Gasteiger partial charge in [0.2, 0.25) is 0 Å². The molecule has 0 unspecified atom stereocenters. The number of aromatic nitrogens is 2. The highest BCUT2D eigenvalue weighted by atomic mass is 16.1. The molecule has 1 aliphatic rings. The van der Waals surface area contributed by atoms with Gasteiger partial charge in [-0.25, -0.2) is 0 Å². The summed E-state index contributed by atoms with van der Waals surface area (Å²) in [5.41, 5.74) is 10.5. The van der Waals surface area contributed by atoms with Crippen LogP contribution < -0.4 is 0 Å². The van der Waals surface area contributed by atoms with Gasteiger partial charge in [-0.1, -0.05) is 121 Å². The van der Waals surface area contributed by atoms with Crippen molar-refractivity contribution in [1.82, 2.24) is 9.13 Å². The highest BCUT2D eigenvalue weighted by molar-refractivity contribution is 6.09. The average molecular weight is 543 g/mol. The van der Waals surface area contributed by atoms with Crippen LogP contribution in [-0.2, 0) is 19.5 Å². The van der Waals surface area contributed by atoms with E-state index in [9.17, 15) is 4.79 Å². The molecule has 0 saturated carbocycles. The van der Waals surface area contributed by atoms with Gasteiger partial charge in [0.05, 0.1) is 16.8 Å². The lowest BCUT2D eigenvalue weighted by Crippen LogP contribution is -2.28. The number of Topliss-reactive ketones (excluding diaryl/α,β-unsaturated/α-hetero) is 1. The van der Waals surface area contributed by atoms with Crippen molar-refractivity contribution in [2.24, 2.45) is 14.1 Å². The predicted molar refractivity (Wildman–Crippen MR) is 172 cm³/mol. The summed E-state index contributed by atoms with van der Waals surface area (Å²) in [6.45, 7) is 0. The molecule has 0 radical (unpaired) electrons. The first-order valence-electron chi connectivity index (χ1n) is 14.5. The van der Waals surface area contributed by atoms with E-state index in [1.165, 1.54) is 21.9 Å². The Labute approximate surface area is 245 Å². The quantitative estimate of drug-likeness (QED) is 0.218. The van der Waals surface area contributed by atoms with E-state index >= 15 is 0 Å². The maximum Gasteiger partial charge on any atom is 0.164 e. The van der Waals surface area contributed by atoms with Crippen molar-refractivity contribution in [2.75, 3.05) is 0 Å². The minimum atomic E-state index is -0.717. The van der Waals surface area contributed by atoms with Crippen molar-refractivity contribution in [2.45, 2.75) is 11.8 Å². The zero-order chi connectivity index (χ0) is 28.4. The molecule has 0 aliphatic heterocycles. The van der Waals surface area contributed by atoms with Crippen LogP contribution in [0.3, 0.4) is 0 Å². The van der Waals surface area contributed by atoms with Gasteiger partial charge in [-0.3, -0.25) is 4.79 Å². The molecule has 3 nitrogen and oxygen atoms in total. The molecule has 42 heavy (non-hydrogen) atoms. The zero-order valence-electron chi connectivity index (χ0n) is 23.7. The first-order valence-corrected chi connectivity index (χ1v) is 14.5. The Bertz CT molecular complexity index is 2020. The second-order valence-electron chi connectivity index (χ2n) is 11.4. The van der Waals surface area contributed by atoms with Gasteiger partial charge >= 0.3 is 0 Å². The molecule has 0 N–H and O–H groups in total. The summed E-state index contributed by atoms with van der Waals surface area (Å²) in [7, 11) is 4.32. The molecule has 8 rings (SSSR count). The van der Waals surface area contributed by atoms with Crippen molar-refractivity contribution in [3.8, 4) is 22.5 Å². The zero-order valence-corrected chi connectivity index (χ0v) is 23.7. The number of nitrogens with zero attached hydrogens (tertiary/aromatic N) is 2. The fourth-order valence-corrected chi connectivity index (χ4v) is 7.62. The van der Waals surface area contributed by atoms with Crippen molar-refractivity contribution < 1.29 is 4.79 Å². The van der Waals surface area contributed by atoms with E-state index in [4.69, 9.17) is 0 Å². The standard InChI is InChI=1S/C39H30N2O/c1-40-32-23-13-10-20-29(32)35(37(40)26-15-5-3-6-16-26)39(25-34(42)28-19-9-12-22-31(28)39)36-30-21-11-14-24-33(30)41(2)38(36)27-17-7-4-8-18-27/h3-24H,25H2,1-2H3. The first-order chi connectivity index (χ1) is 20.6. The molecular formula is C39H30N2O. The van der Waals surface area contributed by atoms with E-state index in [2.05, 4.69) is 145 Å². The Kier molecular flexibility index (Phi) is 5.39. The third-order valence-corrected chi connectivity index (χ3v) is 9.27. The molecule has 202 valence electrons. The van der Waals surface area contributed by atoms with Crippen LogP contribution in [-0.4, -0.2) is 14.9 Å². The highest BCUT2D eigenvalue weighted by Crippen LogP contribution is 2.58. The van der Waals surface area contributed by atoms with E-state index in [1.54, 1.807) is 0 Å². The lowest BCUT2D eigenvalue weighted by molar-refractivity contribution is 0.0984. The van der Waals surface area contributed by atoms with Crippen LogP contribution in [0.1, 0.15) is 33.5 Å². The number of carbonyl (C=O) groups is 1. The molecular weight excluding hydrogens is 512 g/mol. The number of rotatable bonds is 4. The summed E-state index contributed by atoms with van der Waals surface area (Å²) in [6, 6.07) is 46.9. The fourth-order valence-electron chi connectivity index (χ4n) is 7.62. The minimum Gasteiger partial charge on any atom is -0.343 e. The van der Waals surface area contributed by atoms with E-state index in [-0.39, 0.29) is 5.78 Å². The SMILES string of the molecule is Cn1c(-c2ccccc2)c(C2(c3c(-c4ccccc4)n(C)c4ccccc34)CC(=O)c3ccccc32)c2ccccc21. The molecule has 2 aromatic heterocycles. The minimum absolute atomic E-state index is 0.185. The third-order valence-electron chi connectivity index (χ3n) is 9.27. The number of aryl methyl sites for hydroxylation is 2. The van der Waals surface area contributed by atoms with Crippen LogP contribution in [0.4, 0.5) is 0 Å². The smallest absolute Gasteiger partial charge is 0.164 e. The van der Waals surface area contributed by atoms with Crippen LogP contribution in [0.15, 0.2) is 133 Å². The second kappa shape index (κ2) is 9.19. The van der Waals surface area contributed by atoms with Crippen molar-refractivity contribution in [3.63, 3.8) is 0 Å². The lowest BCUT2D eigenvalue weighted by atomic mass is 9.67. The summed E-state index contributed by atoms with van der Waals surface area (Å²) < 4.78 is 4.64. The molecule has 5 aromatic carbocycles. The van der Waals surface area contributed by atoms with E-state index < -0.39 is 5.41 Å². The Hall–Kier alpha value is -5.15. The lowest BCUT2D eigenvalue weighted by Gasteiger charge is -2.33. The largest absolute Gasteiger partial charge is 0.343 e. The number of hydrogen-bond donors (Lipinski definition) is 0. The van der Waals surface area contributed by atoms with Crippen LogP contribution in [0, 0.1) is 0 Å². The van der Waals surface area contributed by atoms with Gasteiger partial charge in [0, 0.05) is 59.0 Å². The number of para-hydroxylation sites is 2.